The molecule has 1 aliphatic heterocycles. The van der Waals surface area contributed by atoms with E-state index in [1.165, 1.54) is 19.4 Å². The van der Waals surface area contributed by atoms with E-state index in [1.807, 2.05) is 37.3 Å². The molecule has 1 unspecified atom stereocenters. The van der Waals surface area contributed by atoms with Crippen molar-refractivity contribution in [2.75, 3.05) is 34.0 Å². The number of esters is 1. The first-order valence-electron chi connectivity index (χ1n) is 12.6. The molecule has 0 amide bonds. The summed E-state index contributed by atoms with van der Waals surface area (Å²) in [6, 6.07) is 11.5. The maximum absolute atomic E-state index is 13.1. The number of ketones is 1. The number of aromatic hydroxyl groups is 1. The van der Waals surface area contributed by atoms with Crippen LogP contribution in [0.25, 0.3) is 0 Å². The zero-order valence-electron chi connectivity index (χ0n) is 21.9. The number of rotatable bonds is 11. The fourth-order valence-electron chi connectivity index (χ4n) is 4.37. The molecule has 2 aromatic rings. The Balaban J connectivity index is 1.76. The molecule has 5 atom stereocenters. The number of nitrogens with zero attached hydrogens (tertiary/aromatic N) is 1. The predicted octanol–water partition coefficient (Wildman–Crippen LogP) is 3.62. The normalized spacial score (nSPS) is 23.3. The van der Waals surface area contributed by atoms with Crippen LogP contribution in [0.5, 0.6) is 11.5 Å². The van der Waals surface area contributed by atoms with Gasteiger partial charge in [-0.05, 0) is 32.3 Å². The third-order valence-corrected chi connectivity index (χ3v) is 6.59. The summed E-state index contributed by atoms with van der Waals surface area (Å²) in [6.45, 7) is 4.54. The lowest BCUT2D eigenvalue weighted by molar-refractivity contribution is -0.163. The van der Waals surface area contributed by atoms with Crippen molar-refractivity contribution in [3.63, 3.8) is 0 Å². The predicted molar refractivity (Wildman–Crippen MR) is 136 cm³/mol. The number of Topliss-reactive ketones (excluding diaryl/α,β-unsaturated/α-hetero) is 1. The van der Waals surface area contributed by atoms with Gasteiger partial charge < -0.3 is 28.8 Å². The lowest BCUT2D eigenvalue weighted by Crippen LogP contribution is -2.40. The fourth-order valence-corrected chi connectivity index (χ4v) is 4.37. The molecule has 0 radical (unpaired) electrons. The van der Waals surface area contributed by atoms with E-state index < -0.39 is 29.9 Å². The van der Waals surface area contributed by atoms with Crippen molar-refractivity contribution >= 4 is 11.8 Å². The van der Waals surface area contributed by atoms with Gasteiger partial charge in [-0.3, -0.25) is 9.59 Å². The Hall–Kier alpha value is -3.01. The summed E-state index contributed by atoms with van der Waals surface area (Å²) >= 11 is 0. The summed E-state index contributed by atoms with van der Waals surface area (Å²) in [6.07, 6.45) is 1.58. The van der Waals surface area contributed by atoms with Gasteiger partial charge in [0.25, 0.3) is 0 Å². The van der Waals surface area contributed by atoms with Crippen LogP contribution in [0.1, 0.15) is 42.7 Å². The van der Waals surface area contributed by atoms with Crippen LogP contribution >= 0.6 is 0 Å². The third kappa shape index (κ3) is 7.99. The number of methoxy groups -OCH3 is 2. The number of cyclic esters (lactones) is 1. The van der Waals surface area contributed by atoms with Crippen LogP contribution in [-0.2, 0) is 30.2 Å². The van der Waals surface area contributed by atoms with Crippen LogP contribution in [0.15, 0.2) is 42.6 Å². The summed E-state index contributed by atoms with van der Waals surface area (Å²) in [5.74, 6) is -2.22. The average molecular weight is 516 g/mol. The van der Waals surface area contributed by atoms with Gasteiger partial charge in [0.1, 0.15) is 6.10 Å². The lowest BCUT2D eigenvalue weighted by atomic mass is 9.91. The molecule has 1 aromatic heterocycles. The molecule has 2 heterocycles. The quantitative estimate of drug-likeness (QED) is 0.354. The largest absolute Gasteiger partial charge is 0.503 e. The van der Waals surface area contributed by atoms with Crippen LogP contribution in [0.3, 0.4) is 0 Å². The Morgan fingerprint density at radius 2 is 1.95 bits per heavy atom. The van der Waals surface area contributed by atoms with E-state index in [2.05, 4.69) is 4.98 Å². The first kappa shape index (κ1) is 28.6. The SMILES string of the molecule is COc1ccnc(C(=O)C[C@H]2COC[C@H](Cc3ccccc3)[C@@H](OCCC(C)OC)[C@H](C)OC2=O)c1O. The van der Waals surface area contributed by atoms with Gasteiger partial charge in [-0.2, -0.15) is 0 Å². The molecule has 0 aliphatic carbocycles. The van der Waals surface area contributed by atoms with E-state index in [9.17, 15) is 14.7 Å². The zero-order chi connectivity index (χ0) is 26.8. The van der Waals surface area contributed by atoms with Gasteiger partial charge in [0.15, 0.2) is 23.0 Å². The summed E-state index contributed by atoms with van der Waals surface area (Å²) in [5, 5.41) is 10.3. The molecule has 1 N–H and O–H groups in total. The molecule has 37 heavy (non-hydrogen) atoms. The molecule has 1 aliphatic rings. The topological polar surface area (TPSA) is 113 Å². The van der Waals surface area contributed by atoms with Gasteiger partial charge >= 0.3 is 5.97 Å². The van der Waals surface area contributed by atoms with Crippen molar-refractivity contribution in [1.29, 1.82) is 0 Å². The van der Waals surface area contributed by atoms with Crippen molar-refractivity contribution in [3.05, 3.63) is 53.9 Å². The first-order chi connectivity index (χ1) is 17.8. The van der Waals surface area contributed by atoms with E-state index in [1.54, 1.807) is 14.0 Å². The first-order valence-corrected chi connectivity index (χ1v) is 12.6. The van der Waals surface area contributed by atoms with E-state index in [0.717, 1.165) is 5.56 Å². The minimum Gasteiger partial charge on any atom is -0.503 e. The van der Waals surface area contributed by atoms with Crippen molar-refractivity contribution < 1.29 is 38.4 Å². The van der Waals surface area contributed by atoms with Gasteiger partial charge in [0, 0.05) is 38.3 Å². The zero-order valence-corrected chi connectivity index (χ0v) is 21.9. The highest BCUT2D eigenvalue weighted by Gasteiger charge is 2.36. The molecule has 1 aromatic carbocycles. The summed E-state index contributed by atoms with van der Waals surface area (Å²) in [5.41, 5.74) is 0.967. The molecule has 9 nitrogen and oxygen atoms in total. The highest BCUT2D eigenvalue weighted by molar-refractivity contribution is 5.99. The number of benzene rings is 1. The Labute approximate surface area is 218 Å². The molecule has 1 fully saturated rings. The second-order valence-electron chi connectivity index (χ2n) is 9.33. The molecule has 0 bridgehead atoms. The van der Waals surface area contributed by atoms with Crippen molar-refractivity contribution in [1.82, 2.24) is 4.98 Å². The van der Waals surface area contributed by atoms with Crippen LogP contribution in [0, 0.1) is 11.8 Å². The molecule has 0 spiro atoms. The second kappa shape index (κ2) is 14.1. The van der Waals surface area contributed by atoms with Crippen LogP contribution in [0.2, 0.25) is 0 Å². The van der Waals surface area contributed by atoms with E-state index in [0.29, 0.717) is 26.1 Å². The minimum absolute atomic E-state index is 0.000736. The van der Waals surface area contributed by atoms with E-state index >= 15 is 0 Å². The Morgan fingerprint density at radius 1 is 1.19 bits per heavy atom. The Morgan fingerprint density at radius 3 is 2.65 bits per heavy atom. The van der Waals surface area contributed by atoms with Crippen LogP contribution in [0.4, 0.5) is 0 Å². The lowest BCUT2D eigenvalue weighted by Gasteiger charge is -2.31. The molecular weight excluding hydrogens is 478 g/mol. The van der Waals surface area contributed by atoms with Gasteiger partial charge in [0.05, 0.1) is 38.4 Å². The van der Waals surface area contributed by atoms with Gasteiger partial charge in [0.2, 0.25) is 0 Å². The number of hydrogen-bond acceptors (Lipinski definition) is 9. The number of ether oxygens (including phenoxy) is 5. The maximum Gasteiger partial charge on any atom is 0.312 e. The highest BCUT2D eigenvalue weighted by atomic mass is 16.6. The van der Waals surface area contributed by atoms with Gasteiger partial charge in [-0.15, -0.1) is 0 Å². The summed E-state index contributed by atoms with van der Waals surface area (Å²) < 4.78 is 28.5. The standard InChI is InChI=1S/C28H37NO8/c1-18(33-3)11-13-36-27-19(2)37-28(32)22(15-23(30)25-26(31)24(34-4)10-12-29-25)17-35-16-21(27)14-20-8-6-5-7-9-20/h5-10,12,18-19,21-22,27,31H,11,13-17H2,1-4H3/t18?,19-,21-,22-,27-/m0/s1. The molecular formula is C28H37NO8. The van der Waals surface area contributed by atoms with Crippen molar-refractivity contribution in [2.24, 2.45) is 11.8 Å². The molecule has 3 rings (SSSR count). The molecule has 0 saturated carbocycles. The Kier molecular flexibility index (Phi) is 10.9. The second-order valence-corrected chi connectivity index (χ2v) is 9.33. The number of aromatic nitrogens is 1. The van der Waals surface area contributed by atoms with Gasteiger partial charge in [-0.25, -0.2) is 4.98 Å². The van der Waals surface area contributed by atoms with Crippen LogP contribution < -0.4 is 4.74 Å². The number of hydrogen-bond donors (Lipinski definition) is 1. The summed E-state index contributed by atoms with van der Waals surface area (Å²) in [4.78, 5) is 30.0. The average Bonchev–Trinajstić information content (AvgIpc) is 2.94. The van der Waals surface area contributed by atoms with E-state index in [4.69, 9.17) is 23.7 Å². The Bertz CT molecular complexity index is 1010. The van der Waals surface area contributed by atoms with Crippen molar-refractivity contribution in [3.8, 4) is 11.5 Å². The monoisotopic (exact) mass is 515 g/mol. The van der Waals surface area contributed by atoms with Gasteiger partial charge in [-0.1, -0.05) is 30.3 Å². The molecule has 9 heteroatoms. The minimum atomic E-state index is -0.855. The molecule has 1 saturated heterocycles. The highest BCUT2D eigenvalue weighted by Crippen LogP contribution is 2.30. The smallest absolute Gasteiger partial charge is 0.312 e. The van der Waals surface area contributed by atoms with Crippen molar-refractivity contribution in [2.45, 2.75) is 51.4 Å². The fraction of sp³-hybridized carbons (Fsp3) is 0.536. The number of carbonyl (C=O) groups is 2. The van der Waals surface area contributed by atoms with E-state index in [-0.39, 0.29) is 42.2 Å². The maximum atomic E-state index is 13.1. The summed E-state index contributed by atoms with van der Waals surface area (Å²) in [7, 11) is 3.04. The third-order valence-electron chi connectivity index (χ3n) is 6.59. The molecule has 202 valence electrons. The number of pyridine rings is 1. The number of carbonyl (C=O) groups excluding carboxylic acids is 2. The van der Waals surface area contributed by atoms with Crippen LogP contribution in [-0.4, -0.2) is 74.2 Å².